The molecule has 0 aliphatic carbocycles. The van der Waals surface area contributed by atoms with Gasteiger partial charge >= 0.3 is 12.1 Å². The molecule has 0 bridgehead atoms. The second kappa shape index (κ2) is 14.1. The predicted octanol–water partition coefficient (Wildman–Crippen LogP) is 9.92. The lowest BCUT2D eigenvalue weighted by Gasteiger charge is -2.30. The summed E-state index contributed by atoms with van der Waals surface area (Å²) >= 11 is 7.90. The van der Waals surface area contributed by atoms with Crippen LogP contribution >= 0.6 is 22.9 Å². The van der Waals surface area contributed by atoms with E-state index in [1.54, 1.807) is 23.2 Å². The van der Waals surface area contributed by atoms with Gasteiger partial charge in [-0.05, 0) is 115 Å². The molecule has 0 radical (unpaired) electrons. The van der Waals surface area contributed by atoms with Gasteiger partial charge < -0.3 is 19.1 Å². The molecule has 1 amide bonds. The number of aryl methyl sites for hydroxylation is 2. The molecule has 268 valence electrons. The third kappa shape index (κ3) is 7.83. The normalized spacial score (nSPS) is 14.5. The molecular weight excluding hydrogens is 684 g/mol. The summed E-state index contributed by atoms with van der Waals surface area (Å²) in [5.41, 5.74) is 6.72. The van der Waals surface area contributed by atoms with Gasteiger partial charge in [0.2, 0.25) is 0 Å². The fourth-order valence-corrected chi connectivity index (χ4v) is 7.65. The molecule has 0 saturated heterocycles. The Balaban J connectivity index is 1.48. The van der Waals surface area contributed by atoms with Crippen molar-refractivity contribution in [3.8, 4) is 21.7 Å². The average molecular weight is 729 g/mol. The highest BCUT2D eigenvalue weighted by molar-refractivity contribution is 7.22. The first kappa shape index (κ1) is 36.5. The summed E-state index contributed by atoms with van der Waals surface area (Å²) in [4.78, 5) is 33.4. The van der Waals surface area contributed by atoms with Crippen LogP contribution in [0.3, 0.4) is 0 Å². The van der Waals surface area contributed by atoms with Gasteiger partial charge in [0.05, 0.1) is 40.2 Å². The summed E-state index contributed by atoms with van der Waals surface area (Å²) in [5.74, 6) is -0.438. The van der Waals surface area contributed by atoms with E-state index in [9.17, 15) is 9.59 Å². The lowest BCUT2D eigenvalue weighted by molar-refractivity contribution is -0.166. The molecule has 51 heavy (non-hydrogen) atoms. The van der Waals surface area contributed by atoms with Crippen LogP contribution in [-0.2, 0) is 26.1 Å². The van der Waals surface area contributed by atoms with Crippen LogP contribution in [0.2, 0.25) is 5.02 Å². The Hall–Kier alpha value is -4.25. The molecule has 9 nitrogen and oxygen atoms in total. The zero-order chi connectivity index (χ0) is 36.8. The van der Waals surface area contributed by atoms with E-state index in [1.165, 1.54) is 0 Å². The van der Waals surface area contributed by atoms with Gasteiger partial charge in [0.15, 0.2) is 6.10 Å². The topological polar surface area (TPSA) is 95.8 Å². The van der Waals surface area contributed by atoms with Crippen LogP contribution in [-0.4, -0.2) is 62.6 Å². The number of thiazole rings is 1. The quantitative estimate of drug-likeness (QED) is 0.154. The minimum atomic E-state index is -0.955. The largest absolute Gasteiger partial charge is 0.464 e. The number of benzene rings is 3. The number of esters is 1. The molecule has 11 heteroatoms. The number of hydrogen-bond donors (Lipinski definition) is 0. The maximum absolute atomic E-state index is 13.6. The molecule has 1 aliphatic heterocycles. The van der Waals surface area contributed by atoms with E-state index in [1.807, 2.05) is 90.5 Å². The fourth-order valence-electron chi connectivity index (χ4n) is 6.41. The Morgan fingerprint density at radius 3 is 2.37 bits per heavy atom. The van der Waals surface area contributed by atoms with Crippen molar-refractivity contribution in [1.82, 2.24) is 19.7 Å². The lowest BCUT2D eigenvalue weighted by atomic mass is 9.91. The first-order chi connectivity index (χ1) is 24.0. The van der Waals surface area contributed by atoms with Crippen LogP contribution < -0.4 is 0 Å². The molecule has 3 heterocycles. The second-order valence-electron chi connectivity index (χ2n) is 14.8. The average Bonchev–Trinajstić information content (AvgIpc) is 3.63. The summed E-state index contributed by atoms with van der Waals surface area (Å²) in [6, 6.07) is 15.9. The van der Waals surface area contributed by atoms with E-state index in [0.29, 0.717) is 24.5 Å². The molecule has 0 fully saturated rings. The van der Waals surface area contributed by atoms with Crippen molar-refractivity contribution in [1.29, 1.82) is 0 Å². The first-order valence-electron chi connectivity index (χ1n) is 17.2. The van der Waals surface area contributed by atoms with Gasteiger partial charge in [-0.1, -0.05) is 29.8 Å². The van der Waals surface area contributed by atoms with Gasteiger partial charge in [0, 0.05) is 40.7 Å². The summed E-state index contributed by atoms with van der Waals surface area (Å²) in [5, 5.41) is 7.32. The Kier molecular flexibility index (Phi) is 10.1. The third-order valence-corrected chi connectivity index (χ3v) is 9.89. The zero-order valence-electron chi connectivity index (χ0n) is 30.7. The second-order valence-corrected chi connectivity index (χ2v) is 16.3. The smallest absolute Gasteiger partial charge is 0.410 e. The summed E-state index contributed by atoms with van der Waals surface area (Å²) in [7, 11) is 1.93. The SMILES string of the molecule is CCOC(=O)[C@@H](OC(C)(C)C)c1c(C)cc2nc(-c3ccc4c(c3)c(C3=CCCN(C(=O)OC(C)(C)C)C3)nn4C)sc2c1-c1ccc(Cl)cc1. The summed E-state index contributed by atoms with van der Waals surface area (Å²) in [6.07, 6.45) is 1.59. The van der Waals surface area contributed by atoms with Crippen LogP contribution in [0.25, 0.3) is 48.4 Å². The third-order valence-electron chi connectivity index (χ3n) is 8.50. The van der Waals surface area contributed by atoms with Crippen molar-refractivity contribution in [3.63, 3.8) is 0 Å². The van der Waals surface area contributed by atoms with E-state index in [0.717, 1.165) is 65.2 Å². The van der Waals surface area contributed by atoms with Crippen molar-refractivity contribution >= 4 is 61.7 Å². The highest BCUT2D eigenvalue weighted by Gasteiger charge is 2.34. The van der Waals surface area contributed by atoms with E-state index >= 15 is 0 Å². The molecule has 0 saturated carbocycles. The number of hydrogen-bond acceptors (Lipinski definition) is 8. The van der Waals surface area contributed by atoms with Crippen molar-refractivity contribution in [3.05, 3.63) is 76.5 Å². The van der Waals surface area contributed by atoms with Gasteiger partial charge in [0.25, 0.3) is 0 Å². The number of nitrogens with zero attached hydrogens (tertiary/aromatic N) is 4. The molecule has 5 aromatic rings. The maximum Gasteiger partial charge on any atom is 0.410 e. The van der Waals surface area contributed by atoms with Crippen LogP contribution in [0.15, 0.2) is 54.6 Å². The molecule has 3 aromatic carbocycles. The van der Waals surface area contributed by atoms with Crippen LogP contribution in [0.1, 0.15) is 77.8 Å². The molecule has 2 aromatic heterocycles. The first-order valence-corrected chi connectivity index (χ1v) is 18.4. The van der Waals surface area contributed by atoms with Crippen LogP contribution in [0.4, 0.5) is 4.79 Å². The Bertz CT molecular complexity index is 2150. The van der Waals surface area contributed by atoms with Gasteiger partial charge in [-0.25, -0.2) is 14.6 Å². The monoisotopic (exact) mass is 728 g/mol. The van der Waals surface area contributed by atoms with E-state index in [-0.39, 0.29) is 12.7 Å². The minimum Gasteiger partial charge on any atom is -0.464 e. The highest BCUT2D eigenvalue weighted by Crippen LogP contribution is 2.45. The molecule has 0 unspecified atom stereocenters. The van der Waals surface area contributed by atoms with Crippen LogP contribution in [0, 0.1) is 6.92 Å². The van der Waals surface area contributed by atoms with Crippen molar-refractivity contribution in [2.24, 2.45) is 7.05 Å². The Morgan fingerprint density at radius 2 is 1.71 bits per heavy atom. The number of ether oxygens (including phenoxy) is 3. The van der Waals surface area contributed by atoms with E-state index < -0.39 is 23.3 Å². The van der Waals surface area contributed by atoms with Crippen LogP contribution in [0.5, 0.6) is 0 Å². The van der Waals surface area contributed by atoms with E-state index in [2.05, 4.69) is 24.3 Å². The predicted molar refractivity (Wildman–Crippen MR) is 205 cm³/mol. The Labute approximate surface area is 308 Å². The van der Waals surface area contributed by atoms with Crippen molar-refractivity contribution in [2.75, 3.05) is 19.7 Å². The van der Waals surface area contributed by atoms with Gasteiger partial charge in [-0.2, -0.15) is 5.10 Å². The van der Waals surface area contributed by atoms with Gasteiger partial charge in [-0.15, -0.1) is 11.3 Å². The molecule has 0 spiro atoms. The standard InChI is InChI=1S/C40H45ClN4O5S/c1-10-48-37(46)34(49-39(3,4)5)31-23(2)20-29-35(32(31)24-13-16-27(41)17-14-24)51-36(42-29)25-15-18-30-28(21-25)33(43-44(30)9)26-12-11-19-45(22-26)38(47)50-40(6,7)8/h12-18,20-21,34H,10-11,19,22H2,1-9H3/t34-/m0/s1. The highest BCUT2D eigenvalue weighted by atomic mass is 35.5. The maximum atomic E-state index is 13.6. The minimum absolute atomic E-state index is 0.236. The summed E-state index contributed by atoms with van der Waals surface area (Å²) < 4.78 is 20.5. The van der Waals surface area contributed by atoms with Gasteiger partial charge in [-0.3, -0.25) is 4.68 Å². The number of carbonyl (C=O) groups is 2. The molecular formula is C40H45ClN4O5S. The molecule has 1 aliphatic rings. The number of amides is 1. The Morgan fingerprint density at radius 1 is 1.00 bits per heavy atom. The molecule has 0 N–H and O–H groups in total. The molecule has 6 rings (SSSR count). The number of aromatic nitrogens is 3. The summed E-state index contributed by atoms with van der Waals surface area (Å²) in [6.45, 7) is 16.4. The van der Waals surface area contributed by atoms with E-state index in [4.69, 9.17) is 35.9 Å². The van der Waals surface area contributed by atoms with Crippen molar-refractivity contribution in [2.45, 2.75) is 79.1 Å². The van der Waals surface area contributed by atoms with Crippen molar-refractivity contribution < 1.29 is 23.8 Å². The number of carbonyl (C=O) groups excluding carboxylic acids is 2. The number of rotatable bonds is 7. The fraction of sp³-hybridized carbons (Fsp3) is 0.400. The lowest BCUT2D eigenvalue weighted by Crippen LogP contribution is -2.39. The molecule has 1 atom stereocenters. The van der Waals surface area contributed by atoms with Gasteiger partial charge in [0.1, 0.15) is 10.6 Å². The zero-order valence-corrected chi connectivity index (χ0v) is 32.3. The number of fused-ring (bicyclic) bond motifs is 2. The number of halogens is 1.